The molecular formula is C48H56N8O7S. The molecule has 1 atom stereocenters. The van der Waals surface area contributed by atoms with Crippen LogP contribution in [0.4, 0.5) is 17.2 Å². The summed E-state index contributed by atoms with van der Waals surface area (Å²) in [6.45, 7) is 5.04. The number of aromatic nitrogens is 3. The van der Waals surface area contributed by atoms with E-state index < -0.39 is 37.0 Å². The number of piperidine rings is 1. The van der Waals surface area contributed by atoms with E-state index in [0.29, 0.717) is 48.3 Å². The van der Waals surface area contributed by atoms with E-state index in [9.17, 15) is 28.4 Å². The Labute approximate surface area is 373 Å². The molecule has 4 N–H and O–H groups in total. The van der Waals surface area contributed by atoms with Crippen molar-refractivity contribution in [1.29, 1.82) is 0 Å². The molecule has 5 aromatic rings. The summed E-state index contributed by atoms with van der Waals surface area (Å²) < 4.78 is 35.8. The second-order valence-electron chi connectivity index (χ2n) is 19.3. The number of likely N-dealkylation sites (tertiary alicyclic amines) is 1. The number of H-pyrrole nitrogens is 1. The van der Waals surface area contributed by atoms with Crippen molar-refractivity contribution in [2.24, 2.45) is 11.3 Å². The van der Waals surface area contributed by atoms with Crippen LogP contribution in [0.15, 0.2) is 84.1 Å². The monoisotopic (exact) mass is 888 g/mol. The summed E-state index contributed by atoms with van der Waals surface area (Å²) in [6.07, 6.45) is 16.7. The van der Waals surface area contributed by atoms with Gasteiger partial charge < -0.3 is 25.0 Å². The molecule has 2 aliphatic heterocycles. The summed E-state index contributed by atoms with van der Waals surface area (Å²) in [4.78, 5) is 41.6. The molecule has 10 rings (SSSR count). The quantitative estimate of drug-likeness (QED) is 0.0650. The maximum atomic E-state index is 14.0. The highest BCUT2D eigenvalue weighted by atomic mass is 32.2. The molecular weight excluding hydrogens is 833 g/mol. The lowest BCUT2D eigenvalue weighted by atomic mass is 9.59. The number of anilines is 2. The maximum absolute atomic E-state index is 14.0. The molecule has 16 heteroatoms. The number of amides is 1. The highest BCUT2D eigenvalue weighted by molar-refractivity contribution is 7.90. The number of ether oxygens (including phenoxy) is 1. The third-order valence-electron chi connectivity index (χ3n) is 14.8. The van der Waals surface area contributed by atoms with Crippen LogP contribution in [0.25, 0.3) is 11.0 Å². The first-order chi connectivity index (χ1) is 30.8. The Morgan fingerprint density at radius 2 is 1.72 bits per heavy atom. The van der Waals surface area contributed by atoms with Crippen LogP contribution in [0.3, 0.4) is 0 Å². The molecule has 0 bridgehead atoms. The molecule has 3 aromatic heterocycles. The zero-order valence-corrected chi connectivity index (χ0v) is 37.0. The van der Waals surface area contributed by atoms with Crippen molar-refractivity contribution < 1.29 is 28.0 Å². The smallest absolute Gasteiger partial charge is 0.312 e. The number of sulfonamides is 1. The molecule has 1 spiro atoms. The Hall–Kier alpha value is -5.58. The molecule has 64 heavy (non-hydrogen) atoms. The van der Waals surface area contributed by atoms with Gasteiger partial charge in [-0.1, -0.05) is 24.3 Å². The highest BCUT2D eigenvalue weighted by Gasteiger charge is 2.50. The van der Waals surface area contributed by atoms with Crippen LogP contribution in [0.2, 0.25) is 0 Å². The highest BCUT2D eigenvalue weighted by Crippen LogP contribution is 2.55. The minimum atomic E-state index is -4.62. The lowest BCUT2D eigenvalue weighted by Crippen LogP contribution is -2.54. The number of nitro groups is 1. The van der Waals surface area contributed by atoms with Crippen LogP contribution in [-0.4, -0.2) is 82.0 Å². The van der Waals surface area contributed by atoms with Crippen LogP contribution in [0.1, 0.15) is 117 Å². The number of carbonyl (C=O) groups is 1. The van der Waals surface area contributed by atoms with Gasteiger partial charge in [-0.2, -0.15) is 0 Å². The van der Waals surface area contributed by atoms with E-state index >= 15 is 0 Å². The summed E-state index contributed by atoms with van der Waals surface area (Å²) in [7, 11) is -4.62. The average Bonchev–Trinajstić information content (AvgIpc) is 3.82. The Morgan fingerprint density at radius 3 is 2.47 bits per heavy atom. The van der Waals surface area contributed by atoms with Gasteiger partial charge in [0.25, 0.3) is 15.9 Å². The topological polar surface area (TPSA) is 196 Å². The third kappa shape index (κ3) is 8.66. The molecule has 336 valence electrons. The number of aromatic amines is 1. The van der Waals surface area contributed by atoms with Crippen LogP contribution in [0, 0.1) is 21.4 Å². The van der Waals surface area contributed by atoms with Gasteiger partial charge >= 0.3 is 5.69 Å². The molecule has 5 fully saturated rings. The molecule has 0 unspecified atom stereocenters. The normalized spacial score (nSPS) is 23.8. The number of carbonyl (C=O) groups excluding carboxylic acids is 1. The van der Waals surface area contributed by atoms with E-state index in [1.807, 2.05) is 12.1 Å². The number of benzene rings is 2. The zero-order valence-electron chi connectivity index (χ0n) is 36.2. The Morgan fingerprint density at radius 1 is 0.953 bits per heavy atom. The first-order valence-electron chi connectivity index (χ1n) is 22.8. The summed E-state index contributed by atoms with van der Waals surface area (Å²) >= 11 is 0. The van der Waals surface area contributed by atoms with E-state index in [-0.39, 0.29) is 23.0 Å². The fraction of sp³-hybridized carbons (Fsp3) is 0.479. The SMILES string of the molecule is CC1(O)CCC(CNc2ncc(S(=O)(=O)NC(=O)c3ccc(N4CCC5(CC4)CC(N4CCC[C@H]4c4ccccc4C4CC4)C5)cc3Oc3cnc4[nH]ccc4c3)cc2[N+](=O)[O-])CC1. The van der Waals surface area contributed by atoms with Gasteiger partial charge in [-0.25, -0.2) is 23.1 Å². The third-order valence-corrected chi connectivity index (χ3v) is 16.1. The van der Waals surface area contributed by atoms with Crippen molar-refractivity contribution in [3.63, 3.8) is 0 Å². The summed E-state index contributed by atoms with van der Waals surface area (Å²) in [5.74, 6) is 0.381. The predicted octanol–water partition coefficient (Wildman–Crippen LogP) is 8.59. The zero-order chi connectivity index (χ0) is 44.2. The van der Waals surface area contributed by atoms with Crippen molar-refractivity contribution in [2.45, 2.75) is 112 Å². The molecule has 0 radical (unpaired) electrons. The van der Waals surface area contributed by atoms with Crippen LogP contribution in [0.5, 0.6) is 11.5 Å². The number of aliphatic hydroxyl groups is 1. The van der Waals surface area contributed by atoms with Crippen molar-refractivity contribution in [2.75, 3.05) is 36.4 Å². The van der Waals surface area contributed by atoms with Crippen molar-refractivity contribution in [3.05, 3.63) is 106 Å². The molecule has 5 heterocycles. The van der Waals surface area contributed by atoms with Crippen LogP contribution >= 0.6 is 0 Å². The molecule has 5 aliphatic rings. The van der Waals surface area contributed by atoms with Gasteiger partial charge in [0, 0.05) is 61.1 Å². The predicted molar refractivity (Wildman–Crippen MR) is 243 cm³/mol. The molecule has 2 saturated heterocycles. The lowest BCUT2D eigenvalue weighted by Gasteiger charge is -2.56. The van der Waals surface area contributed by atoms with Crippen molar-refractivity contribution in [1.82, 2.24) is 24.6 Å². The van der Waals surface area contributed by atoms with Crippen LogP contribution < -0.4 is 19.7 Å². The standard InChI is InChI=1S/C48H56N8O7S/c1-47(58)15-12-31(13-16-47)28-50-45-42(56(59)60)25-37(30-52-45)64(61,62)53-46(57)40-11-10-34(24-43(40)63-36-23-33-14-19-49-44(33)51-29-36)54-21-17-48(18-22-54)26-35(27-48)55-20-4-7-41(55)39-6-3-2-5-38(39)32-8-9-32/h2-3,5-6,10-11,14,19,23-25,29-32,35,41,58H,4,7-9,12-13,15-18,20-22,26-28H2,1H3,(H,49,51)(H,50,52)(H,53,57)/t31?,41-,47?/m0/s1. The largest absolute Gasteiger partial charge is 0.455 e. The molecule has 15 nitrogen and oxygen atoms in total. The van der Waals surface area contributed by atoms with Crippen LogP contribution in [-0.2, 0) is 10.0 Å². The fourth-order valence-corrected chi connectivity index (χ4v) is 11.8. The van der Waals surface area contributed by atoms with E-state index in [1.54, 1.807) is 42.4 Å². The van der Waals surface area contributed by atoms with Gasteiger partial charge in [-0.3, -0.25) is 19.8 Å². The molecule has 3 saturated carbocycles. The molecule has 1 amide bonds. The number of rotatable bonds is 13. The summed E-state index contributed by atoms with van der Waals surface area (Å²) in [5.41, 5.74) is 3.67. The number of fused-ring (bicyclic) bond motifs is 1. The Bertz CT molecular complexity index is 2670. The number of hydrogen-bond donors (Lipinski definition) is 4. The van der Waals surface area contributed by atoms with Gasteiger partial charge in [0.2, 0.25) is 5.82 Å². The Balaban J connectivity index is 0.833. The number of nitrogens with zero attached hydrogens (tertiary/aromatic N) is 5. The fourth-order valence-electron chi connectivity index (χ4n) is 10.9. The van der Waals surface area contributed by atoms with E-state index in [0.717, 1.165) is 68.0 Å². The minimum Gasteiger partial charge on any atom is -0.455 e. The van der Waals surface area contributed by atoms with Gasteiger partial charge in [0.05, 0.1) is 28.5 Å². The van der Waals surface area contributed by atoms with Gasteiger partial charge in [-0.05, 0) is 143 Å². The number of nitrogens with one attached hydrogen (secondary N) is 3. The summed E-state index contributed by atoms with van der Waals surface area (Å²) in [6, 6.07) is 20.0. The lowest BCUT2D eigenvalue weighted by molar-refractivity contribution is -0.384. The Kier molecular flexibility index (Phi) is 11.1. The second kappa shape index (κ2) is 16.8. The van der Waals surface area contributed by atoms with Gasteiger partial charge in [0.15, 0.2) is 0 Å². The molecule has 3 aliphatic carbocycles. The minimum absolute atomic E-state index is 0.0348. The number of hydrogen-bond acceptors (Lipinski definition) is 12. The van der Waals surface area contributed by atoms with E-state index in [4.69, 9.17) is 4.74 Å². The van der Waals surface area contributed by atoms with Gasteiger partial charge in [0.1, 0.15) is 22.0 Å². The number of pyridine rings is 2. The van der Waals surface area contributed by atoms with E-state index in [2.05, 4.69) is 59.1 Å². The van der Waals surface area contributed by atoms with Crippen molar-refractivity contribution >= 4 is 44.2 Å². The average molecular weight is 889 g/mol. The summed E-state index contributed by atoms with van der Waals surface area (Å²) in [5, 5.41) is 26.2. The second-order valence-corrected chi connectivity index (χ2v) is 21.0. The maximum Gasteiger partial charge on any atom is 0.312 e. The van der Waals surface area contributed by atoms with Crippen molar-refractivity contribution in [3.8, 4) is 11.5 Å². The first-order valence-corrected chi connectivity index (χ1v) is 24.3. The first kappa shape index (κ1) is 42.4. The van der Waals surface area contributed by atoms with E-state index in [1.165, 1.54) is 51.3 Å². The molecule has 2 aromatic carbocycles. The van der Waals surface area contributed by atoms with Gasteiger partial charge in [-0.15, -0.1) is 0 Å².